The summed E-state index contributed by atoms with van der Waals surface area (Å²) in [5.41, 5.74) is 1.75. The summed E-state index contributed by atoms with van der Waals surface area (Å²) in [5, 5.41) is 0. The molecule has 5 heteroatoms. The molecule has 2 aromatic rings. The van der Waals surface area contributed by atoms with Crippen molar-refractivity contribution >= 4 is 38.5 Å². The van der Waals surface area contributed by atoms with Gasteiger partial charge in [0.2, 0.25) is 0 Å². The molecule has 0 amide bonds. The van der Waals surface area contributed by atoms with E-state index < -0.39 is 0 Å². The van der Waals surface area contributed by atoms with E-state index in [4.69, 9.17) is 9.47 Å². The average Bonchev–Trinajstić information content (AvgIpc) is 2.41. The van der Waals surface area contributed by atoms with Gasteiger partial charge < -0.3 is 9.47 Å². The van der Waals surface area contributed by atoms with Gasteiger partial charge in [-0.25, -0.2) is 0 Å². The highest BCUT2D eigenvalue weighted by Crippen LogP contribution is 2.37. The Bertz CT molecular complexity index is 575. The van der Waals surface area contributed by atoms with Gasteiger partial charge in [0.25, 0.3) is 0 Å². The number of pyridine rings is 1. The molecule has 3 nitrogen and oxygen atoms in total. The number of ether oxygens (including phenoxy) is 2. The van der Waals surface area contributed by atoms with Crippen molar-refractivity contribution in [3.05, 3.63) is 38.5 Å². The lowest BCUT2D eigenvalue weighted by molar-refractivity contribution is 0.404. The van der Waals surface area contributed by atoms with E-state index in [1.165, 1.54) is 0 Å². The van der Waals surface area contributed by atoms with E-state index in [1.807, 2.05) is 24.3 Å². The molecule has 1 aromatic carbocycles. The van der Waals surface area contributed by atoms with Crippen molar-refractivity contribution in [2.24, 2.45) is 0 Å². The molecule has 0 fully saturated rings. The second-order valence-electron chi connectivity index (χ2n) is 3.52. The number of aromatic nitrogens is 1. The minimum atomic E-state index is 0.769. The third-order valence-electron chi connectivity index (χ3n) is 2.50. The minimum Gasteiger partial charge on any atom is -0.497 e. The standard InChI is InChI=1S/C13H11BrINO2/c1-17-8-3-4-11(18-2)9(7-8)13-12(14)10(15)5-6-16-13/h3-7H,1-2H3. The third kappa shape index (κ3) is 2.61. The molecule has 0 spiro atoms. The van der Waals surface area contributed by atoms with Crippen LogP contribution in [0.4, 0.5) is 0 Å². The van der Waals surface area contributed by atoms with E-state index >= 15 is 0 Å². The van der Waals surface area contributed by atoms with Gasteiger partial charge in [-0.2, -0.15) is 0 Å². The first kappa shape index (κ1) is 13.6. The van der Waals surface area contributed by atoms with Crippen LogP contribution in [-0.4, -0.2) is 19.2 Å². The normalized spacial score (nSPS) is 10.2. The Morgan fingerprint density at radius 3 is 2.61 bits per heavy atom. The van der Waals surface area contributed by atoms with Gasteiger partial charge in [-0.3, -0.25) is 4.98 Å². The molecule has 1 heterocycles. The zero-order valence-corrected chi connectivity index (χ0v) is 13.6. The summed E-state index contributed by atoms with van der Waals surface area (Å²) in [4.78, 5) is 4.41. The van der Waals surface area contributed by atoms with Gasteiger partial charge in [-0.15, -0.1) is 0 Å². The topological polar surface area (TPSA) is 31.4 Å². The molecule has 1 aromatic heterocycles. The van der Waals surface area contributed by atoms with Crippen LogP contribution in [0, 0.1) is 3.57 Å². The van der Waals surface area contributed by atoms with Crippen molar-refractivity contribution in [1.29, 1.82) is 0 Å². The first-order chi connectivity index (χ1) is 8.67. The molecule has 0 saturated carbocycles. The van der Waals surface area contributed by atoms with Crippen LogP contribution in [0.3, 0.4) is 0 Å². The van der Waals surface area contributed by atoms with Gasteiger partial charge in [0.1, 0.15) is 11.5 Å². The van der Waals surface area contributed by atoms with Crippen LogP contribution >= 0.6 is 38.5 Å². The molecule has 0 bridgehead atoms. The Labute approximate surface area is 128 Å². The van der Waals surface area contributed by atoms with Gasteiger partial charge in [-0.1, -0.05) is 0 Å². The summed E-state index contributed by atoms with van der Waals surface area (Å²) in [5.74, 6) is 1.55. The van der Waals surface area contributed by atoms with Crippen LogP contribution in [0.5, 0.6) is 11.5 Å². The van der Waals surface area contributed by atoms with E-state index in [0.29, 0.717) is 0 Å². The molecular weight excluding hydrogens is 409 g/mol. The van der Waals surface area contributed by atoms with Crippen LogP contribution in [0.2, 0.25) is 0 Å². The second kappa shape index (κ2) is 5.88. The predicted octanol–water partition coefficient (Wildman–Crippen LogP) is 4.13. The molecule has 94 valence electrons. The number of hydrogen-bond donors (Lipinski definition) is 0. The third-order valence-corrected chi connectivity index (χ3v) is 4.95. The number of methoxy groups -OCH3 is 2. The van der Waals surface area contributed by atoms with Crippen molar-refractivity contribution in [2.45, 2.75) is 0 Å². The largest absolute Gasteiger partial charge is 0.497 e. The molecule has 0 radical (unpaired) electrons. The second-order valence-corrected chi connectivity index (χ2v) is 5.48. The fraction of sp³-hybridized carbons (Fsp3) is 0.154. The maximum Gasteiger partial charge on any atom is 0.128 e. The lowest BCUT2D eigenvalue weighted by Gasteiger charge is -2.11. The molecule has 0 unspecified atom stereocenters. The Balaban J connectivity index is 2.64. The molecule has 0 aliphatic rings. The first-order valence-corrected chi connectivity index (χ1v) is 7.07. The average molecular weight is 420 g/mol. The number of benzene rings is 1. The molecule has 0 aliphatic carbocycles. The first-order valence-electron chi connectivity index (χ1n) is 5.19. The SMILES string of the molecule is COc1ccc(OC)c(-c2nccc(I)c2Br)c1. The summed E-state index contributed by atoms with van der Waals surface area (Å²) in [6.07, 6.45) is 1.78. The van der Waals surface area contributed by atoms with Gasteiger partial charge in [0.15, 0.2) is 0 Å². The number of nitrogens with zero attached hydrogens (tertiary/aromatic N) is 1. The lowest BCUT2D eigenvalue weighted by atomic mass is 10.1. The van der Waals surface area contributed by atoms with Crippen molar-refractivity contribution in [1.82, 2.24) is 4.98 Å². The molecular formula is C13H11BrINO2. The predicted molar refractivity (Wildman–Crippen MR) is 83.2 cm³/mol. The van der Waals surface area contributed by atoms with Crippen LogP contribution in [-0.2, 0) is 0 Å². The van der Waals surface area contributed by atoms with Crippen molar-refractivity contribution in [2.75, 3.05) is 14.2 Å². The summed E-state index contributed by atoms with van der Waals surface area (Å²) in [7, 11) is 3.29. The monoisotopic (exact) mass is 419 g/mol. The van der Waals surface area contributed by atoms with Crippen molar-refractivity contribution in [3.8, 4) is 22.8 Å². The van der Waals surface area contributed by atoms with Crippen LogP contribution in [0.1, 0.15) is 0 Å². The van der Waals surface area contributed by atoms with Gasteiger partial charge in [0, 0.05) is 15.3 Å². The van der Waals surface area contributed by atoms with Gasteiger partial charge in [-0.05, 0) is 62.8 Å². The Morgan fingerprint density at radius 1 is 1.17 bits per heavy atom. The Hall–Kier alpha value is -0.820. The van der Waals surface area contributed by atoms with E-state index in [9.17, 15) is 0 Å². The molecule has 0 saturated heterocycles. The number of rotatable bonds is 3. The lowest BCUT2D eigenvalue weighted by Crippen LogP contribution is -1.94. The number of hydrogen-bond acceptors (Lipinski definition) is 3. The maximum atomic E-state index is 5.38. The molecule has 0 atom stereocenters. The molecule has 0 aliphatic heterocycles. The van der Waals surface area contributed by atoms with Crippen LogP contribution < -0.4 is 9.47 Å². The van der Waals surface area contributed by atoms with E-state index in [0.717, 1.165) is 30.8 Å². The quantitative estimate of drug-likeness (QED) is 0.701. The molecule has 2 rings (SSSR count). The highest BCUT2D eigenvalue weighted by atomic mass is 127. The highest BCUT2D eigenvalue weighted by Gasteiger charge is 2.13. The van der Waals surface area contributed by atoms with Crippen molar-refractivity contribution < 1.29 is 9.47 Å². The molecule has 18 heavy (non-hydrogen) atoms. The Morgan fingerprint density at radius 2 is 1.94 bits per heavy atom. The van der Waals surface area contributed by atoms with Crippen molar-refractivity contribution in [3.63, 3.8) is 0 Å². The minimum absolute atomic E-state index is 0.769. The summed E-state index contributed by atoms with van der Waals surface area (Å²) in [6.45, 7) is 0. The van der Waals surface area contributed by atoms with E-state index in [1.54, 1.807) is 20.4 Å². The summed E-state index contributed by atoms with van der Waals surface area (Å²) >= 11 is 5.82. The fourth-order valence-electron chi connectivity index (χ4n) is 1.61. The smallest absolute Gasteiger partial charge is 0.128 e. The zero-order chi connectivity index (χ0) is 13.1. The van der Waals surface area contributed by atoms with E-state index in [2.05, 4.69) is 43.5 Å². The van der Waals surface area contributed by atoms with Gasteiger partial charge in [0.05, 0.1) is 24.4 Å². The summed E-state index contributed by atoms with van der Waals surface area (Å²) < 4.78 is 12.7. The van der Waals surface area contributed by atoms with Gasteiger partial charge >= 0.3 is 0 Å². The zero-order valence-electron chi connectivity index (χ0n) is 9.91. The Kier molecular flexibility index (Phi) is 4.45. The van der Waals surface area contributed by atoms with Crippen LogP contribution in [0.25, 0.3) is 11.3 Å². The maximum absolute atomic E-state index is 5.38. The molecule has 0 N–H and O–H groups in total. The summed E-state index contributed by atoms with van der Waals surface area (Å²) in [6, 6.07) is 7.61. The van der Waals surface area contributed by atoms with Crippen LogP contribution in [0.15, 0.2) is 34.9 Å². The number of halogens is 2. The fourth-order valence-corrected chi connectivity index (χ4v) is 2.47. The van der Waals surface area contributed by atoms with E-state index in [-0.39, 0.29) is 0 Å². The highest BCUT2D eigenvalue weighted by molar-refractivity contribution is 14.1.